The lowest BCUT2D eigenvalue weighted by Crippen LogP contribution is -2.27. The number of hydrogen-bond donors (Lipinski definition) is 1. The summed E-state index contributed by atoms with van der Waals surface area (Å²) in [6.45, 7) is 4.98. The Morgan fingerprint density at radius 2 is 1.83 bits per heavy atom. The normalized spacial score (nSPS) is 11.8. The number of ether oxygens (including phenoxy) is 2. The monoisotopic (exact) mass is 348 g/mol. The summed E-state index contributed by atoms with van der Waals surface area (Å²) < 4.78 is 46.6. The van der Waals surface area contributed by atoms with Gasteiger partial charge < -0.3 is 9.47 Å². The fourth-order valence-corrected chi connectivity index (χ4v) is 1.69. The van der Waals surface area contributed by atoms with Gasteiger partial charge in [0.1, 0.15) is 5.60 Å². The highest BCUT2D eigenvalue weighted by Gasteiger charge is 2.27. The van der Waals surface area contributed by atoms with Gasteiger partial charge in [0.05, 0.1) is 7.11 Å². The molecule has 6 nitrogen and oxygen atoms in total. The number of anilines is 1. The molecule has 24 heavy (non-hydrogen) atoms. The highest BCUT2D eigenvalue weighted by Crippen LogP contribution is 2.23. The Morgan fingerprint density at radius 3 is 2.33 bits per heavy atom. The Bertz CT molecular complexity index is 610. The molecule has 1 rings (SSSR count). The Morgan fingerprint density at radius 1 is 1.21 bits per heavy atom. The quantitative estimate of drug-likeness (QED) is 0.839. The molecule has 0 unspecified atom stereocenters. The van der Waals surface area contributed by atoms with Crippen molar-refractivity contribution in [3.05, 3.63) is 23.5 Å². The van der Waals surface area contributed by atoms with Crippen molar-refractivity contribution in [2.24, 2.45) is 0 Å². The molecule has 0 aliphatic carbocycles. The number of carbonyl (C=O) groups is 2. The number of carbonyl (C=O) groups excluding carboxylic acids is 2. The van der Waals surface area contributed by atoms with E-state index >= 15 is 0 Å². The van der Waals surface area contributed by atoms with Gasteiger partial charge in [0.15, 0.2) is 5.69 Å². The molecule has 0 aliphatic heterocycles. The van der Waals surface area contributed by atoms with Gasteiger partial charge in [-0.05, 0) is 39.3 Å². The maximum Gasteiger partial charge on any atom is 0.412 e. The van der Waals surface area contributed by atoms with E-state index in [1.807, 2.05) is 0 Å². The van der Waals surface area contributed by atoms with Crippen molar-refractivity contribution in [3.8, 4) is 0 Å². The van der Waals surface area contributed by atoms with E-state index in [0.29, 0.717) is 0 Å². The van der Waals surface area contributed by atoms with E-state index in [4.69, 9.17) is 4.74 Å². The SMILES string of the molecule is COC(=O)c1cc(NC(=O)OC(C)(C)C)cc(CCC(F)(F)F)n1. The van der Waals surface area contributed by atoms with Gasteiger partial charge in [-0.1, -0.05) is 0 Å². The highest BCUT2D eigenvalue weighted by atomic mass is 19.4. The van der Waals surface area contributed by atoms with Gasteiger partial charge in [-0.2, -0.15) is 13.2 Å². The van der Waals surface area contributed by atoms with E-state index in [9.17, 15) is 22.8 Å². The lowest BCUT2D eigenvalue weighted by Gasteiger charge is -2.20. The number of methoxy groups -OCH3 is 1. The van der Waals surface area contributed by atoms with Crippen molar-refractivity contribution in [3.63, 3.8) is 0 Å². The van der Waals surface area contributed by atoms with Gasteiger partial charge >= 0.3 is 18.2 Å². The molecule has 0 fully saturated rings. The highest BCUT2D eigenvalue weighted by molar-refractivity contribution is 5.91. The van der Waals surface area contributed by atoms with Gasteiger partial charge in [0, 0.05) is 17.8 Å². The first-order valence-electron chi connectivity index (χ1n) is 7.05. The number of hydrogen-bond acceptors (Lipinski definition) is 5. The third kappa shape index (κ3) is 7.30. The Hall–Kier alpha value is -2.32. The smallest absolute Gasteiger partial charge is 0.412 e. The van der Waals surface area contributed by atoms with Gasteiger partial charge in [0.25, 0.3) is 0 Å². The molecule has 0 aliphatic rings. The lowest BCUT2D eigenvalue weighted by molar-refractivity contribution is -0.134. The first kappa shape index (κ1) is 19.7. The third-order valence-electron chi connectivity index (χ3n) is 2.58. The molecule has 0 aromatic carbocycles. The van der Waals surface area contributed by atoms with Crippen LogP contribution < -0.4 is 5.32 Å². The predicted octanol–water partition coefficient (Wildman–Crippen LogP) is 3.71. The second-order valence-electron chi connectivity index (χ2n) is 5.97. The third-order valence-corrected chi connectivity index (χ3v) is 2.58. The number of nitrogens with one attached hydrogen (secondary N) is 1. The van der Waals surface area contributed by atoms with Gasteiger partial charge in [-0.15, -0.1) is 0 Å². The summed E-state index contributed by atoms with van der Waals surface area (Å²) >= 11 is 0. The maximum absolute atomic E-state index is 12.4. The average molecular weight is 348 g/mol. The van der Waals surface area contributed by atoms with Crippen LogP contribution in [0.2, 0.25) is 0 Å². The van der Waals surface area contributed by atoms with Crippen LogP contribution in [0.5, 0.6) is 0 Å². The summed E-state index contributed by atoms with van der Waals surface area (Å²) in [5, 5.41) is 2.37. The zero-order valence-corrected chi connectivity index (χ0v) is 13.8. The maximum atomic E-state index is 12.4. The van der Waals surface area contributed by atoms with Crippen molar-refractivity contribution in [1.29, 1.82) is 0 Å². The lowest BCUT2D eigenvalue weighted by atomic mass is 10.2. The Balaban J connectivity index is 3.01. The van der Waals surface area contributed by atoms with Gasteiger partial charge in [-0.25, -0.2) is 14.6 Å². The zero-order valence-electron chi connectivity index (χ0n) is 13.8. The van der Waals surface area contributed by atoms with Crippen LogP contribution in [0.3, 0.4) is 0 Å². The number of aromatic nitrogens is 1. The fourth-order valence-electron chi connectivity index (χ4n) is 1.69. The average Bonchev–Trinajstić information content (AvgIpc) is 2.41. The van der Waals surface area contributed by atoms with Crippen LogP contribution in [0.15, 0.2) is 12.1 Å². The van der Waals surface area contributed by atoms with Crippen LogP contribution in [0.25, 0.3) is 0 Å². The minimum Gasteiger partial charge on any atom is -0.464 e. The molecule has 0 radical (unpaired) electrons. The first-order valence-corrected chi connectivity index (χ1v) is 7.05. The summed E-state index contributed by atoms with van der Waals surface area (Å²) in [6, 6.07) is 2.45. The molecular formula is C15H19F3N2O4. The van der Waals surface area contributed by atoms with E-state index in [2.05, 4.69) is 15.0 Å². The first-order chi connectivity index (χ1) is 10.9. The van der Waals surface area contributed by atoms with Crippen LogP contribution in [-0.2, 0) is 15.9 Å². The number of amides is 1. The van der Waals surface area contributed by atoms with Gasteiger partial charge in [0.2, 0.25) is 0 Å². The van der Waals surface area contributed by atoms with E-state index in [-0.39, 0.29) is 17.1 Å². The molecule has 1 aromatic heterocycles. The molecule has 1 N–H and O–H groups in total. The van der Waals surface area contributed by atoms with E-state index < -0.39 is 36.7 Å². The number of pyridine rings is 1. The number of aryl methyl sites for hydroxylation is 1. The molecular weight excluding hydrogens is 329 g/mol. The predicted molar refractivity (Wildman–Crippen MR) is 79.8 cm³/mol. The molecule has 1 amide bonds. The molecule has 0 atom stereocenters. The molecule has 1 heterocycles. The summed E-state index contributed by atoms with van der Waals surface area (Å²) in [5.74, 6) is -0.823. The summed E-state index contributed by atoms with van der Waals surface area (Å²) in [4.78, 5) is 27.2. The van der Waals surface area contributed by atoms with Crippen LogP contribution in [-0.4, -0.2) is 35.9 Å². The standard InChI is InChI=1S/C15H19F3N2O4/c1-14(2,3)24-13(22)20-10-7-9(5-6-15(16,17)18)19-11(8-10)12(21)23-4/h7-8H,5-6H2,1-4H3,(H,19,20,22). The summed E-state index contributed by atoms with van der Waals surface area (Å²) in [7, 11) is 1.12. The second kappa shape index (κ2) is 7.50. The molecule has 134 valence electrons. The summed E-state index contributed by atoms with van der Waals surface area (Å²) in [5.41, 5.74) is -0.858. The van der Waals surface area contributed by atoms with Crippen molar-refractivity contribution < 1.29 is 32.2 Å². The van der Waals surface area contributed by atoms with Crippen molar-refractivity contribution >= 4 is 17.7 Å². The Labute approximate surface area is 137 Å². The van der Waals surface area contributed by atoms with Crippen LogP contribution in [0.4, 0.5) is 23.7 Å². The Kier molecular flexibility index (Phi) is 6.16. The minimum atomic E-state index is -4.36. The molecule has 9 heteroatoms. The van der Waals surface area contributed by atoms with Crippen molar-refractivity contribution in [2.45, 2.75) is 45.4 Å². The summed E-state index contributed by atoms with van der Waals surface area (Å²) in [6.07, 6.45) is -6.69. The number of esters is 1. The number of alkyl halides is 3. The van der Waals surface area contributed by atoms with Gasteiger partial charge in [-0.3, -0.25) is 5.32 Å². The van der Waals surface area contributed by atoms with Crippen LogP contribution >= 0.6 is 0 Å². The topological polar surface area (TPSA) is 77.5 Å². The molecule has 1 aromatic rings. The van der Waals surface area contributed by atoms with E-state index in [1.54, 1.807) is 20.8 Å². The van der Waals surface area contributed by atoms with Crippen molar-refractivity contribution in [1.82, 2.24) is 4.98 Å². The molecule has 0 saturated carbocycles. The number of halogens is 3. The number of rotatable bonds is 4. The van der Waals surface area contributed by atoms with Crippen LogP contribution in [0, 0.1) is 0 Å². The molecule has 0 spiro atoms. The molecule has 0 saturated heterocycles. The van der Waals surface area contributed by atoms with Crippen molar-refractivity contribution in [2.75, 3.05) is 12.4 Å². The van der Waals surface area contributed by atoms with E-state index in [0.717, 1.165) is 7.11 Å². The number of nitrogens with zero attached hydrogens (tertiary/aromatic N) is 1. The largest absolute Gasteiger partial charge is 0.464 e. The van der Waals surface area contributed by atoms with E-state index in [1.165, 1.54) is 12.1 Å². The molecule has 0 bridgehead atoms. The minimum absolute atomic E-state index is 0.00119. The fraction of sp³-hybridized carbons (Fsp3) is 0.533. The second-order valence-corrected chi connectivity index (χ2v) is 5.97. The zero-order chi connectivity index (χ0) is 18.5. The van der Waals surface area contributed by atoms with Crippen LogP contribution in [0.1, 0.15) is 43.4 Å².